The van der Waals surface area contributed by atoms with E-state index in [4.69, 9.17) is 19.8 Å². The van der Waals surface area contributed by atoms with Crippen LogP contribution < -0.4 is 10.2 Å². The first-order valence-corrected chi connectivity index (χ1v) is 13.3. The summed E-state index contributed by atoms with van der Waals surface area (Å²) in [6, 6.07) is 11.8. The number of piperidine rings is 1. The number of aliphatic hydroxyl groups is 1. The second-order valence-electron chi connectivity index (χ2n) is 10.1. The van der Waals surface area contributed by atoms with Crippen LogP contribution in [0.5, 0.6) is 0 Å². The minimum absolute atomic E-state index is 0.121. The lowest BCUT2D eigenvalue weighted by Crippen LogP contribution is -2.43. The smallest absolute Gasteiger partial charge is 0.221 e. The molecule has 0 saturated carbocycles. The highest BCUT2D eigenvalue weighted by molar-refractivity contribution is 5.90. The Morgan fingerprint density at radius 1 is 1.10 bits per heavy atom. The third-order valence-corrected chi connectivity index (χ3v) is 7.28. The van der Waals surface area contributed by atoms with Gasteiger partial charge in [0.2, 0.25) is 5.91 Å². The number of carbonyl (C=O) groups excluding carboxylic acids is 1. The summed E-state index contributed by atoms with van der Waals surface area (Å²) in [7, 11) is 0. The number of likely N-dealkylation sites (tertiary alicyclic amines) is 1. The van der Waals surface area contributed by atoms with Gasteiger partial charge in [0.15, 0.2) is 17.8 Å². The van der Waals surface area contributed by atoms with Crippen molar-refractivity contribution in [3.05, 3.63) is 60.6 Å². The maximum Gasteiger partial charge on any atom is 0.221 e. The van der Waals surface area contributed by atoms with Gasteiger partial charge in [-0.05, 0) is 48.7 Å². The van der Waals surface area contributed by atoms with Crippen LogP contribution in [0.4, 0.5) is 11.5 Å². The van der Waals surface area contributed by atoms with Gasteiger partial charge >= 0.3 is 0 Å². The minimum atomic E-state index is -0.872. The van der Waals surface area contributed by atoms with Crippen molar-refractivity contribution in [3.63, 3.8) is 0 Å². The minimum Gasteiger partial charge on any atom is -0.366 e. The molecule has 1 atom stereocenters. The van der Waals surface area contributed by atoms with Crippen molar-refractivity contribution in [2.24, 2.45) is 0 Å². The summed E-state index contributed by atoms with van der Waals surface area (Å²) in [5.74, 6) is 1.19. The predicted molar refractivity (Wildman–Crippen MR) is 147 cm³/mol. The molecule has 0 aliphatic carbocycles. The lowest BCUT2D eigenvalue weighted by atomic mass is 10.0. The normalized spacial score (nSPS) is 18.9. The molecular weight excluding hydrogens is 496 g/mol. The number of rotatable bonds is 6. The number of morpholine rings is 1. The van der Waals surface area contributed by atoms with Crippen LogP contribution in [-0.2, 0) is 16.1 Å². The topological polar surface area (TPSA) is 122 Å². The van der Waals surface area contributed by atoms with E-state index >= 15 is 0 Å². The molecule has 1 amide bonds. The second-order valence-corrected chi connectivity index (χ2v) is 10.1. The molecule has 1 aromatic carbocycles. The summed E-state index contributed by atoms with van der Waals surface area (Å²) in [5.41, 5.74) is 3.56. The maximum absolute atomic E-state index is 11.4. The van der Waals surface area contributed by atoms with E-state index in [1.807, 2.05) is 52.3 Å². The van der Waals surface area contributed by atoms with Gasteiger partial charge in [-0.2, -0.15) is 5.10 Å². The van der Waals surface area contributed by atoms with Crippen LogP contribution in [0.25, 0.3) is 22.4 Å². The average molecular weight is 529 g/mol. The van der Waals surface area contributed by atoms with Crippen molar-refractivity contribution in [1.29, 1.82) is 0 Å². The zero-order valence-electron chi connectivity index (χ0n) is 21.9. The Labute approximate surface area is 226 Å². The Kier molecular flexibility index (Phi) is 7.18. The van der Waals surface area contributed by atoms with Gasteiger partial charge in [-0.15, -0.1) is 0 Å². The number of carbonyl (C=O) groups is 1. The number of β-amino-alcohol motifs (C(OH)–C–C–N with tert-alkyl or cyclic N) is 1. The Balaban J connectivity index is 1.31. The maximum atomic E-state index is 11.4. The third kappa shape index (κ3) is 5.60. The van der Waals surface area contributed by atoms with Crippen LogP contribution in [0.3, 0.4) is 0 Å². The van der Waals surface area contributed by atoms with E-state index in [0.29, 0.717) is 31.2 Å². The van der Waals surface area contributed by atoms with Crippen molar-refractivity contribution in [2.45, 2.75) is 38.6 Å². The fraction of sp³-hybridized carbons (Fsp3) is 0.393. The number of pyridine rings is 1. The van der Waals surface area contributed by atoms with E-state index in [1.165, 1.54) is 12.5 Å². The first-order chi connectivity index (χ1) is 19.0. The van der Waals surface area contributed by atoms with E-state index in [-0.39, 0.29) is 11.9 Å². The van der Waals surface area contributed by atoms with E-state index in [0.717, 1.165) is 54.9 Å². The number of nitrogens with zero attached hydrogens (tertiary/aromatic N) is 7. The molecule has 4 aromatic rings. The molecule has 2 aliphatic heterocycles. The monoisotopic (exact) mass is 528 g/mol. The Morgan fingerprint density at radius 3 is 2.64 bits per heavy atom. The van der Waals surface area contributed by atoms with Crippen LogP contribution in [0.1, 0.15) is 31.4 Å². The largest absolute Gasteiger partial charge is 0.366 e. The van der Waals surface area contributed by atoms with Crippen LogP contribution in [0.15, 0.2) is 55.0 Å². The van der Waals surface area contributed by atoms with Crippen molar-refractivity contribution >= 4 is 28.4 Å². The molecule has 39 heavy (non-hydrogen) atoms. The number of hydrogen-bond donors (Lipinski definition) is 2. The highest BCUT2D eigenvalue weighted by Gasteiger charge is 2.27. The summed E-state index contributed by atoms with van der Waals surface area (Å²) in [6.07, 6.45) is 6.64. The molecule has 0 radical (unpaired) electrons. The first-order valence-electron chi connectivity index (χ1n) is 13.3. The van der Waals surface area contributed by atoms with E-state index in [2.05, 4.69) is 21.3 Å². The van der Waals surface area contributed by atoms with Gasteiger partial charge in [0.05, 0.1) is 30.8 Å². The summed E-state index contributed by atoms with van der Waals surface area (Å²) < 4.78 is 7.41. The van der Waals surface area contributed by atoms with Gasteiger partial charge in [0.25, 0.3) is 0 Å². The predicted octanol–water partition coefficient (Wildman–Crippen LogP) is 2.84. The van der Waals surface area contributed by atoms with Gasteiger partial charge in [-0.1, -0.05) is 6.07 Å². The average Bonchev–Trinajstić information content (AvgIpc) is 3.38. The molecule has 202 valence electrons. The van der Waals surface area contributed by atoms with Gasteiger partial charge in [-0.3, -0.25) is 14.7 Å². The van der Waals surface area contributed by atoms with Crippen molar-refractivity contribution in [2.75, 3.05) is 43.0 Å². The molecule has 1 unspecified atom stereocenters. The van der Waals surface area contributed by atoms with Crippen LogP contribution in [0, 0.1) is 0 Å². The van der Waals surface area contributed by atoms with Crippen molar-refractivity contribution < 1.29 is 14.6 Å². The fourth-order valence-electron chi connectivity index (χ4n) is 5.35. The molecule has 0 bridgehead atoms. The molecule has 3 aromatic heterocycles. The van der Waals surface area contributed by atoms with E-state index in [9.17, 15) is 9.90 Å². The molecule has 2 saturated heterocycles. The number of nitrogens with one attached hydrogen (secondary N) is 1. The van der Waals surface area contributed by atoms with E-state index in [1.54, 1.807) is 6.20 Å². The molecule has 2 N–H and O–H groups in total. The molecule has 2 aliphatic rings. The van der Waals surface area contributed by atoms with Gasteiger partial charge < -0.3 is 20.1 Å². The van der Waals surface area contributed by atoms with Gasteiger partial charge in [-0.25, -0.2) is 14.6 Å². The summed E-state index contributed by atoms with van der Waals surface area (Å²) in [5, 5.41) is 18.6. The van der Waals surface area contributed by atoms with Crippen molar-refractivity contribution in [1.82, 2.24) is 29.6 Å². The second kappa shape index (κ2) is 11.0. The Morgan fingerprint density at radius 2 is 1.92 bits per heavy atom. The molecular formula is C28H32N8O3. The molecule has 2 fully saturated rings. The zero-order valence-corrected chi connectivity index (χ0v) is 21.9. The van der Waals surface area contributed by atoms with Gasteiger partial charge in [0.1, 0.15) is 5.82 Å². The van der Waals surface area contributed by atoms with E-state index < -0.39 is 6.29 Å². The highest BCUT2D eigenvalue weighted by atomic mass is 16.6. The van der Waals surface area contributed by atoms with Crippen LogP contribution >= 0.6 is 0 Å². The van der Waals surface area contributed by atoms with Crippen LogP contribution in [-0.4, -0.2) is 79.7 Å². The summed E-state index contributed by atoms with van der Waals surface area (Å²) in [6.45, 7) is 5.66. The molecule has 5 heterocycles. The number of fused-ring (bicyclic) bond motifs is 1. The number of aromatic nitrogens is 5. The lowest BCUT2D eigenvalue weighted by molar-refractivity contribution is -0.114. The third-order valence-electron chi connectivity index (χ3n) is 7.28. The number of aliphatic hydroxyl groups excluding tert-OH is 1. The molecule has 6 rings (SSSR count). The molecule has 0 spiro atoms. The van der Waals surface area contributed by atoms with Crippen LogP contribution in [0.2, 0.25) is 0 Å². The highest BCUT2D eigenvalue weighted by Crippen LogP contribution is 2.32. The Hall–Kier alpha value is -3.93. The number of amides is 1. The summed E-state index contributed by atoms with van der Waals surface area (Å²) >= 11 is 0. The SMILES string of the molecule is CC(=O)Nc1ccc(-c2nc(N3CCOC(O)C3)c3cnn(C4CCN(Cc5cccnc5)CC4)c3n2)cc1. The zero-order chi connectivity index (χ0) is 26.8. The molecule has 11 heteroatoms. The van der Waals surface area contributed by atoms with Crippen molar-refractivity contribution in [3.8, 4) is 11.4 Å². The first kappa shape index (κ1) is 25.4. The van der Waals surface area contributed by atoms with Gasteiger partial charge in [0, 0.05) is 56.7 Å². The fourth-order valence-corrected chi connectivity index (χ4v) is 5.35. The Bertz CT molecular complexity index is 1430. The molecule has 11 nitrogen and oxygen atoms in total. The standard InChI is InChI=1S/C28H32N8O3/c1-19(37)31-22-6-4-21(5-7-22)26-32-27(35-13-14-39-25(38)18-35)24-16-30-36(28(24)33-26)23-8-11-34(12-9-23)17-20-3-2-10-29-15-20/h2-7,10,15-16,23,25,38H,8-9,11-14,17-18H2,1H3,(H,31,37). The number of benzene rings is 1. The quantitative estimate of drug-likeness (QED) is 0.389. The lowest BCUT2D eigenvalue weighted by Gasteiger charge is -2.32. The summed E-state index contributed by atoms with van der Waals surface area (Å²) in [4.78, 5) is 30.1. The number of hydrogen-bond acceptors (Lipinski definition) is 9. The number of anilines is 2. The number of ether oxygens (including phenoxy) is 1.